The Morgan fingerprint density at radius 2 is 1.06 bits per heavy atom. The molecule has 0 saturated heterocycles. The summed E-state index contributed by atoms with van der Waals surface area (Å²) in [7, 11) is 5.91. The lowest BCUT2D eigenvalue weighted by molar-refractivity contribution is 0.952. The van der Waals surface area contributed by atoms with Crippen LogP contribution >= 0.6 is 31.4 Å². The van der Waals surface area contributed by atoms with Crippen LogP contribution in [0.4, 0.5) is 0 Å². The Balaban J connectivity index is 3.03. The van der Waals surface area contributed by atoms with E-state index in [-0.39, 0.29) is 0 Å². The molecular formula is C14H26S3. The predicted octanol–water partition coefficient (Wildman–Crippen LogP) is 6.51. The van der Waals surface area contributed by atoms with Crippen LogP contribution in [0.15, 0.2) is 24.3 Å². The molecule has 0 aliphatic carbocycles. The van der Waals surface area contributed by atoms with Crippen LogP contribution in [0.25, 0.3) is 0 Å². The summed E-state index contributed by atoms with van der Waals surface area (Å²) < 4.78 is 0. The summed E-state index contributed by atoms with van der Waals surface area (Å²) in [6.07, 6.45) is 16.7. The van der Waals surface area contributed by atoms with E-state index in [1.165, 1.54) is 50.0 Å². The standard InChI is InChI=1S/C14H26S3/c1-3-5-7-9-11-13-15-17-16-14-12-10-8-6-4-2/h7-10H,3-6,11-14H2,1-2H3/b9-7+,10-8+. The summed E-state index contributed by atoms with van der Waals surface area (Å²) in [4.78, 5) is 0. The van der Waals surface area contributed by atoms with E-state index >= 15 is 0 Å². The van der Waals surface area contributed by atoms with Crippen LogP contribution in [-0.2, 0) is 0 Å². The van der Waals surface area contributed by atoms with Crippen LogP contribution in [0.5, 0.6) is 0 Å². The first kappa shape index (κ1) is 17.5. The first-order valence-corrected chi connectivity index (χ1v) is 10.4. The molecular weight excluding hydrogens is 264 g/mol. The van der Waals surface area contributed by atoms with E-state index in [9.17, 15) is 0 Å². The van der Waals surface area contributed by atoms with Gasteiger partial charge in [0.25, 0.3) is 0 Å². The van der Waals surface area contributed by atoms with Crippen LogP contribution < -0.4 is 0 Å². The average molecular weight is 291 g/mol. The van der Waals surface area contributed by atoms with Gasteiger partial charge in [-0.05, 0) is 35.5 Å². The van der Waals surface area contributed by atoms with Crippen molar-refractivity contribution < 1.29 is 0 Å². The second-order valence-electron chi connectivity index (χ2n) is 3.81. The minimum Gasteiger partial charge on any atom is -0.0885 e. The highest BCUT2D eigenvalue weighted by Gasteiger charge is 1.89. The lowest BCUT2D eigenvalue weighted by Gasteiger charge is -1.97. The molecule has 0 aliphatic heterocycles. The van der Waals surface area contributed by atoms with Gasteiger partial charge in [-0.2, -0.15) is 0 Å². The van der Waals surface area contributed by atoms with E-state index in [4.69, 9.17) is 0 Å². The molecule has 0 unspecified atom stereocenters. The number of allylic oxidation sites excluding steroid dienone is 4. The Labute approximate surface area is 119 Å². The summed E-state index contributed by atoms with van der Waals surface area (Å²) in [6.45, 7) is 4.45. The average Bonchev–Trinajstić information content (AvgIpc) is 2.35. The first-order chi connectivity index (χ1) is 8.41. The predicted molar refractivity (Wildman–Crippen MR) is 89.8 cm³/mol. The molecule has 0 aromatic rings. The number of rotatable bonds is 12. The minimum atomic E-state index is 1.22. The van der Waals surface area contributed by atoms with Crippen molar-refractivity contribution in [3.63, 3.8) is 0 Å². The van der Waals surface area contributed by atoms with E-state index in [2.05, 4.69) is 38.2 Å². The lowest BCUT2D eigenvalue weighted by Crippen LogP contribution is -1.73. The van der Waals surface area contributed by atoms with E-state index in [0.29, 0.717) is 0 Å². The Morgan fingerprint density at radius 3 is 1.47 bits per heavy atom. The Kier molecular flexibility index (Phi) is 17.0. The maximum atomic E-state index is 2.31. The number of hydrogen-bond acceptors (Lipinski definition) is 3. The van der Waals surface area contributed by atoms with E-state index in [1.807, 2.05) is 31.4 Å². The van der Waals surface area contributed by atoms with Crippen LogP contribution in [0.1, 0.15) is 52.4 Å². The summed E-state index contributed by atoms with van der Waals surface area (Å²) in [6, 6.07) is 0. The van der Waals surface area contributed by atoms with Crippen LogP contribution in [-0.4, -0.2) is 11.5 Å². The quantitative estimate of drug-likeness (QED) is 0.228. The second kappa shape index (κ2) is 16.5. The third kappa shape index (κ3) is 16.5. The second-order valence-corrected chi connectivity index (χ2v) is 8.28. The molecule has 0 amide bonds. The molecule has 0 aromatic carbocycles. The van der Waals surface area contributed by atoms with Gasteiger partial charge in [-0.1, -0.05) is 72.6 Å². The molecule has 0 aliphatic rings. The summed E-state index contributed by atoms with van der Waals surface area (Å²) >= 11 is 0. The van der Waals surface area contributed by atoms with Crippen molar-refractivity contribution in [1.29, 1.82) is 0 Å². The van der Waals surface area contributed by atoms with Gasteiger partial charge in [0.2, 0.25) is 0 Å². The zero-order chi connectivity index (χ0) is 12.6. The van der Waals surface area contributed by atoms with Gasteiger partial charge in [-0.15, -0.1) is 0 Å². The normalized spacial score (nSPS) is 11.9. The molecule has 0 rings (SSSR count). The number of unbranched alkanes of at least 4 members (excludes halogenated alkanes) is 2. The maximum absolute atomic E-state index is 2.31. The highest BCUT2D eigenvalue weighted by Crippen LogP contribution is 2.35. The third-order valence-electron chi connectivity index (χ3n) is 2.08. The molecule has 0 saturated carbocycles. The molecule has 3 heteroatoms. The van der Waals surface area contributed by atoms with Crippen molar-refractivity contribution in [1.82, 2.24) is 0 Å². The van der Waals surface area contributed by atoms with Crippen molar-refractivity contribution in [2.45, 2.75) is 52.4 Å². The summed E-state index contributed by atoms with van der Waals surface area (Å²) in [5, 5.41) is 0. The van der Waals surface area contributed by atoms with Crippen molar-refractivity contribution in [3.8, 4) is 0 Å². The fraction of sp³-hybridized carbons (Fsp3) is 0.714. The van der Waals surface area contributed by atoms with E-state index < -0.39 is 0 Å². The molecule has 17 heavy (non-hydrogen) atoms. The Bertz CT molecular complexity index is 168. The fourth-order valence-corrected chi connectivity index (χ4v) is 4.83. The number of hydrogen-bond donors (Lipinski definition) is 0. The van der Waals surface area contributed by atoms with Gasteiger partial charge >= 0.3 is 0 Å². The maximum Gasteiger partial charge on any atom is 0.00797 e. The monoisotopic (exact) mass is 290 g/mol. The largest absolute Gasteiger partial charge is 0.0885 e. The van der Waals surface area contributed by atoms with Crippen molar-refractivity contribution in [2.24, 2.45) is 0 Å². The molecule has 100 valence electrons. The lowest BCUT2D eigenvalue weighted by atomic mass is 10.3. The zero-order valence-corrected chi connectivity index (χ0v) is 13.6. The van der Waals surface area contributed by atoms with Crippen molar-refractivity contribution in [2.75, 3.05) is 11.5 Å². The third-order valence-corrected chi connectivity index (χ3v) is 6.38. The molecule has 0 atom stereocenters. The molecule has 0 fully saturated rings. The van der Waals surface area contributed by atoms with Gasteiger partial charge in [-0.3, -0.25) is 0 Å². The highest BCUT2D eigenvalue weighted by atomic mass is 33.5. The molecule has 0 bridgehead atoms. The molecule has 0 nitrogen and oxygen atoms in total. The van der Waals surface area contributed by atoms with Gasteiger partial charge in [0.05, 0.1) is 0 Å². The molecule has 0 aromatic heterocycles. The molecule has 0 radical (unpaired) electrons. The van der Waals surface area contributed by atoms with Crippen LogP contribution in [0, 0.1) is 0 Å². The minimum absolute atomic E-state index is 1.22. The van der Waals surface area contributed by atoms with Gasteiger partial charge in [0, 0.05) is 11.5 Å². The molecule has 0 spiro atoms. The summed E-state index contributed by atoms with van der Waals surface area (Å²) in [5.74, 6) is 2.48. The van der Waals surface area contributed by atoms with Crippen molar-refractivity contribution >= 4 is 31.4 Å². The smallest absolute Gasteiger partial charge is 0.00797 e. The van der Waals surface area contributed by atoms with Gasteiger partial charge in [0.1, 0.15) is 0 Å². The summed E-state index contributed by atoms with van der Waals surface area (Å²) in [5.41, 5.74) is 0. The SMILES string of the molecule is CCC/C=C/CCSSSCC/C=C/CCC. The zero-order valence-electron chi connectivity index (χ0n) is 11.2. The first-order valence-electron chi connectivity index (χ1n) is 6.62. The van der Waals surface area contributed by atoms with E-state index in [1.54, 1.807) is 0 Å². The topological polar surface area (TPSA) is 0 Å². The fourth-order valence-electron chi connectivity index (χ4n) is 1.14. The molecule has 0 heterocycles. The van der Waals surface area contributed by atoms with Gasteiger partial charge < -0.3 is 0 Å². The van der Waals surface area contributed by atoms with E-state index in [0.717, 1.165) is 0 Å². The highest BCUT2D eigenvalue weighted by molar-refractivity contribution is 9.09. The van der Waals surface area contributed by atoms with Crippen LogP contribution in [0.2, 0.25) is 0 Å². The van der Waals surface area contributed by atoms with Crippen molar-refractivity contribution in [3.05, 3.63) is 24.3 Å². The Hall–Kier alpha value is 0.530. The van der Waals surface area contributed by atoms with Gasteiger partial charge in [0.15, 0.2) is 0 Å². The van der Waals surface area contributed by atoms with Gasteiger partial charge in [-0.25, -0.2) is 0 Å². The Morgan fingerprint density at radius 1 is 0.647 bits per heavy atom. The molecule has 0 N–H and O–H groups in total. The van der Waals surface area contributed by atoms with Crippen LogP contribution in [0.3, 0.4) is 0 Å².